The Morgan fingerprint density at radius 2 is 1.75 bits per heavy atom. The van der Waals surface area contributed by atoms with E-state index in [0.29, 0.717) is 19.1 Å². The Morgan fingerprint density at radius 1 is 1.19 bits per heavy atom. The molecule has 5 heteroatoms. The average molecular weight is 226 g/mol. The van der Waals surface area contributed by atoms with E-state index in [0.717, 1.165) is 25.9 Å². The summed E-state index contributed by atoms with van der Waals surface area (Å²) in [6.45, 7) is 4.59. The molecule has 0 aromatic rings. The molecule has 2 saturated heterocycles. The summed E-state index contributed by atoms with van der Waals surface area (Å²) >= 11 is 0. The lowest BCUT2D eigenvalue weighted by atomic mass is 9.93. The lowest BCUT2D eigenvalue weighted by molar-refractivity contribution is -0.149. The zero-order chi connectivity index (χ0) is 11.7. The monoisotopic (exact) mass is 226 g/mol. The number of hydrogen-bond acceptors (Lipinski definition) is 3. The molecule has 0 aromatic heterocycles. The van der Waals surface area contributed by atoms with Gasteiger partial charge in [0.1, 0.15) is 0 Å². The Labute approximate surface area is 95.0 Å². The van der Waals surface area contributed by atoms with Gasteiger partial charge in [-0.1, -0.05) is 0 Å². The van der Waals surface area contributed by atoms with Gasteiger partial charge in [-0.25, -0.2) is 0 Å². The second kappa shape index (κ2) is 4.41. The van der Waals surface area contributed by atoms with Gasteiger partial charge >= 0.3 is 5.97 Å². The number of rotatable bonds is 2. The van der Waals surface area contributed by atoms with Gasteiger partial charge in [0, 0.05) is 39.1 Å². The topological polar surface area (TPSA) is 60.9 Å². The van der Waals surface area contributed by atoms with E-state index in [1.165, 1.54) is 0 Å². The van der Waals surface area contributed by atoms with Crippen molar-refractivity contribution in [2.24, 2.45) is 5.92 Å². The van der Waals surface area contributed by atoms with Gasteiger partial charge in [-0.2, -0.15) is 0 Å². The predicted molar refractivity (Wildman–Crippen MR) is 58.0 cm³/mol. The van der Waals surface area contributed by atoms with E-state index in [9.17, 15) is 9.59 Å². The number of nitrogens with zero attached hydrogens (tertiary/aromatic N) is 2. The third kappa shape index (κ3) is 2.19. The molecule has 0 aromatic carbocycles. The van der Waals surface area contributed by atoms with E-state index in [-0.39, 0.29) is 11.8 Å². The lowest BCUT2D eigenvalue weighted by Gasteiger charge is -2.45. The molecule has 2 aliphatic heterocycles. The molecule has 5 nitrogen and oxygen atoms in total. The van der Waals surface area contributed by atoms with Gasteiger partial charge in [-0.05, 0) is 12.8 Å². The van der Waals surface area contributed by atoms with E-state index in [4.69, 9.17) is 5.11 Å². The van der Waals surface area contributed by atoms with Crippen LogP contribution in [0.25, 0.3) is 0 Å². The molecule has 2 rings (SSSR count). The number of hydrogen-bond donors (Lipinski definition) is 1. The fraction of sp³-hybridized carbons (Fsp3) is 0.818. The van der Waals surface area contributed by atoms with Gasteiger partial charge in [0.05, 0.1) is 5.92 Å². The molecule has 0 radical (unpaired) electrons. The molecule has 2 heterocycles. The molecule has 2 aliphatic rings. The Kier molecular flexibility index (Phi) is 3.14. The first-order valence-electron chi connectivity index (χ1n) is 5.80. The SMILES string of the molecule is CC(=O)N1CCC(N2CC(C(=O)O)C2)CC1. The first kappa shape index (κ1) is 11.4. The van der Waals surface area contributed by atoms with Gasteiger partial charge in [0.2, 0.25) is 5.91 Å². The summed E-state index contributed by atoms with van der Waals surface area (Å²) in [6.07, 6.45) is 1.96. The van der Waals surface area contributed by atoms with Crippen molar-refractivity contribution in [1.29, 1.82) is 0 Å². The van der Waals surface area contributed by atoms with Crippen molar-refractivity contribution in [2.75, 3.05) is 26.2 Å². The van der Waals surface area contributed by atoms with Crippen molar-refractivity contribution in [1.82, 2.24) is 9.80 Å². The number of likely N-dealkylation sites (tertiary alicyclic amines) is 2. The summed E-state index contributed by atoms with van der Waals surface area (Å²) in [5.41, 5.74) is 0. The Balaban J connectivity index is 1.75. The van der Waals surface area contributed by atoms with Gasteiger partial charge in [-0.3, -0.25) is 14.5 Å². The molecule has 0 saturated carbocycles. The zero-order valence-electron chi connectivity index (χ0n) is 9.56. The molecule has 1 amide bonds. The number of carboxylic acid groups (broad SMARTS) is 1. The molecule has 0 bridgehead atoms. The number of aliphatic carboxylic acids is 1. The standard InChI is InChI=1S/C11H18N2O3/c1-8(14)12-4-2-10(3-5-12)13-6-9(7-13)11(15)16/h9-10H,2-7H2,1H3,(H,15,16). The number of carbonyl (C=O) groups excluding carboxylic acids is 1. The van der Waals surface area contributed by atoms with Crippen LogP contribution in [0, 0.1) is 5.92 Å². The lowest BCUT2D eigenvalue weighted by Crippen LogP contribution is -2.57. The highest BCUT2D eigenvalue weighted by Crippen LogP contribution is 2.25. The highest BCUT2D eigenvalue weighted by molar-refractivity contribution is 5.73. The van der Waals surface area contributed by atoms with Gasteiger partial charge in [0.25, 0.3) is 0 Å². The highest BCUT2D eigenvalue weighted by Gasteiger charge is 2.37. The van der Waals surface area contributed by atoms with E-state index in [1.54, 1.807) is 6.92 Å². The molecule has 0 atom stereocenters. The van der Waals surface area contributed by atoms with Gasteiger partial charge in [0.15, 0.2) is 0 Å². The van der Waals surface area contributed by atoms with Crippen molar-refractivity contribution in [3.8, 4) is 0 Å². The summed E-state index contributed by atoms with van der Waals surface area (Å²) in [4.78, 5) is 25.9. The minimum atomic E-state index is -0.683. The first-order chi connectivity index (χ1) is 7.58. The van der Waals surface area contributed by atoms with Crippen LogP contribution in [0.5, 0.6) is 0 Å². The van der Waals surface area contributed by atoms with Crippen molar-refractivity contribution < 1.29 is 14.7 Å². The summed E-state index contributed by atoms with van der Waals surface area (Å²) in [5.74, 6) is -0.714. The van der Waals surface area contributed by atoms with Crippen LogP contribution < -0.4 is 0 Å². The quantitative estimate of drug-likeness (QED) is 0.720. The summed E-state index contributed by atoms with van der Waals surface area (Å²) in [7, 11) is 0. The molecular formula is C11H18N2O3. The van der Waals surface area contributed by atoms with Crippen LogP contribution in [0.2, 0.25) is 0 Å². The Bertz CT molecular complexity index is 292. The maximum Gasteiger partial charge on any atom is 0.309 e. The van der Waals surface area contributed by atoms with Crippen molar-refractivity contribution in [3.05, 3.63) is 0 Å². The van der Waals surface area contributed by atoms with E-state index in [2.05, 4.69) is 4.90 Å². The molecule has 0 spiro atoms. The molecular weight excluding hydrogens is 208 g/mol. The number of carbonyl (C=O) groups is 2. The van der Waals surface area contributed by atoms with Crippen LogP contribution in [0.15, 0.2) is 0 Å². The van der Waals surface area contributed by atoms with Crippen molar-refractivity contribution in [3.63, 3.8) is 0 Å². The smallest absolute Gasteiger partial charge is 0.309 e. The normalized spacial score (nSPS) is 24.2. The largest absolute Gasteiger partial charge is 0.481 e. The van der Waals surface area contributed by atoms with Crippen LogP contribution in [0.4, 0.5) is 0 Å². The third-order valence-electron chi connectivity index (χ3n) is 3.69. The third-order valence-corrected chi connectivity index (χ3v) is 3.69. The van der Waals surface area contributed by atoms with Gasteiger partial charge < -0.3 is 10.0 Å². The van der Waals surface area contributed by atoms with E-state index < -0.39 is 5.97 Å². The minimum Gasteiger partial charge on any atom is -0.481 e. The minimum absolute atomic E-state index is 0.144. The first-order valence-corrected chi connectivity index (χ1v) is 5.80. The Morgan fingerprint density at radius 3 is 2.19 bits per heavy atom. The van der Waals surface area contributed by atoms with E-state index in [1.807, 2.05) is 4.90 Å². The maximum atomic E-state index is 11.1. The molecule has 2 fully saturated rings. The summed E-state index contributed by atoms with van der Waals surface area (Å²) < 4.78 is 0. The van der Waals surface area contributed by atoms with Crippen LogP contribution in [0.3, 0.4) is 0 Å². The number of carboxylic acids is 1. The molecule has 0 aliphatic carbocycles. The van der Waals surface area contributed by atoms with Gasteiger partial charge in [-0.15, -0.1) is 0 Å². The molecule has 16 heavy (non-hydrogen) atoms. The van der Waals surface area contributed by atoms with Crippen LogP contribution in [0.1, 0.15) is 19.8 Å². The molecule has 0 unspecified atom stereocenters. The number of piperidine rings is 1. The second-order valence-corrected chi connectivity index (χ2v) is 4.73. The average Bonchev–Trinajstić information content (AvgIpc) is 2.15. The molecule has 90 valence electrons. The summed E-state index contributed by atoms with van der Waals surface area (Å²) in [5, 5.41) is 8.78. The molecule has 1 N–H and O–H groups in total. The fourth-order valence-electron chi connectivity index (χ4n) is 2.51. The maximum absolute atomic E-state index is 11.1. The Hall–Kier alpha value is -1.10. The van der Waals surface area contributed by atoms with Crippen molar-refractivity contribution >= 4 is 11.9 Å². The zero-order valence-corrected chi connectivity index (χ0v) is 9.56. The predicted octanol–water partition coefficient (Wildman–Crippen LogP) is 0.0137. The van der Waals surface area contributed by atoms with Crippen LogP contribution in [-0.2, 0) is 9.59 Å². The summed E-state index contributed by atoms with van der Waals surface area (Å²) in [6, 6.07) is 0.478. The van der Waals surface area contributed by atoms with Crippen LogP contribution in [-0.4, -0.2) is 59.0 Å². The fourth-order valence-corrected chi connectivity index (χ4v) is 2.51. The van der Waals surface area contributed by atoms with Crippen molar-refractivity contribution in [2.45, 2.75) is 25.8 Å². The van der Waals surface area contributed by atoms with Crippen LogP contribution >= 0.6 is 0 Å². The highest BCUT2D eigenvalue weighted by atomic mass is 16.4. The number of amides is 1. The second-order valence-electron chi connectivity index (χ2n) is 4.73. The van der Waals surface area contributed by atoms with E-state index >= 15 is 0 Å².